The van der Waals surface area contributed by atoms with Crippen molar-refractivity contribution in [2.45, 2.75) is 13.1 Å². The van der Waals surface area contributed by atoms with E-state index in [1.165, 1.54) is 29.5 Å². The van der Waals surface area contributed by atoms with Gasteiger partial charge in [0.05, 0.1) is 4.88 Å². The van der Waals surface area contributed by atoms with Gasteiger partial charge in [0.15, 0.2) is 0 Å². The highest BCUT2D eigenvalue weighted by atomic mass is 32.1. The third kappa shape index (κ3) is 4.46. The van der Waals surface area contributed by atoms with Gasteiger partial charge in [-0.05, 0) is 42.1 Å². The van der Waals surface area contributed by atoms with Crippen molar-refractivity contribution in [1.29, 1.82) is 0 Å². The molecule has 8 heteroatoms. The van der Waals surface area contributed by atoms with E-state index in [0.29, 0.717) is 10.6 Å². The highest BCUT2D eigenvalue weighted by molar-refractivity contribution is 7.21. The summed E-state index contributed by atoms with van der Waals surface area (Å²) in [5.74, 6) is -1.19. The van der Waals surface area contributed by atoms with Crippen LogP contribution >= 0.6 is 11.3 Å². The first-order valence-electron chi connectivity index (χ1n) is 7.99. The topological polar surface area (TPSA) is 58.2 Å². The number of halogens is 3. The number of amides is 2. The summed E-state index contributed by atoms with van der Waals surface area (Å²) in [7, 11) is 0. The summed E-state index contributed by atoms with van der Waals surface area (Å²) in [5, 5.41) is 5.49. The molecule has 0 saturated heterocycles. The zero-order valence-corrected chi connectivity index (χ0v) is 15.0. The van der Waals surface area contributed by atoms with Crippen LogP contribution in [0.15, 0.2) is 48.5 Å². The van der Waals surface area contributed by atoms with E-state index in [-0.39, 0.29) is 11.5 Å². The van der Waals surface area contributed by atoms with Gasteiger partial charge in [0.1, 0.15) is 6.54 Å². The highest BCUT2D eigenvalue weighted by Gasteiger charge is 2.28. The molecule has 2 aromatic carbocycles. The van der Waals surface area contributed by atoms with Crippen molar-refractivity contribution in [3.63, 3.8) is 0 Å². The predicted octanol–water partition coefficient (Wildman–Crippen LogP) is 4.75. The summed E-state index contributed by atoms with van der Waals surface area (Å²) in [6.07, 6.45) is -4.49. The standard InChI is InChI=1S/C19H15F3N2O2S/c1-11-14-7-2-3-8-15(14)27-16(11)18(26)24-13-6-4-5-12(9-13)17(25)23-10-19(20,21)22/h2-9H,10H2,1H3,(H,23,25)(H,24,26). The van der Waals surface area contributed by atoms with Gasteiger partial charge in [-0.3, -0.25) is 9.59 Å². The molecule has 0 aliphatic rings. The third-order valence-electron chi connectivity index (χ3n) is 3.88. The lowest BCUT2D eigenvalue weighted by molar-refractivity contribution is -0.123. The number of anilines is 1. The lowest BCUT2D eigenvalue weighted by Crippen LogP contribution is -2.33. The van der Waals surface area contributed by atoms with Gasteiger partial charge in [-0.25, -0.2) is 0 Å². The summed E-state index contributed by atoms with van der Waals surface area (Å²) in [6, 6.07) is 13.4. The predicted molar refractivity (Wildman–Crippen MR) is 99.3 cm³/mol. The quantitative estimate of drug-likeness (QED) is 0.673. The van der Waals surface area contributed by atoms with Crippen molar-refractivity contribution >= 4 is 38.9 Å². The molecule has 0 aliphatic carbocycles. The molecule has 1 aromatic heterocycles. The molecule has 3 rings (SSSR count). The third-order valence-corrected chi connectivity index (χ3v) is 5.15. The summed E-state index contributed by atoms with van der Waals surface area (Å²) < 4.78 is 37.7. The van der Waals surface area contributed by atoms with Crippen molar-refractivity contribution < 1.29 is 22.8 Å². The van der Waals surface area contributed by atoms with Crippen LogP contribution in [0.25, 0.3) is 10.1 Å². The van der Waals surface area contributed by atoms with Crippen LogP contribution in [-0.2, 0) is 0 Å². The first-order valence-corrected chi connectivity index (χ1v) is 8.81. The maximum Gasteiger partial charge on any atom is 0.405 e. The van der Waals surface area contributed by atoms with Crippen LogP contribution in [0.2, 0.25) is 0 Å². The number of fused-ring (bicyclic) bond motifs is 1. The Bertz CT molecular complexity index is 1010. The van der Waals surface area contributed by atoms with Gasteiger partial charge in [0.2, 0.25) is 0 Å². The van der Waals surface area contributed by atoms with E-state index in [1.54, 1.807) is 11.4 Å². The van der Waals surface area contributed by atoms with Crippen molar-refractivity contribution in [3.05, 3.63) is 64.5 Å². The molecule has 3 aromatic rings. The van der Waals surface area contributed by atoms with Gasteiger partial charge < -0.3 is 10.6 Å². The van der Waals surface area contributed by atoms with Gasteiger partial charge in [0, 0.05) is 16.0 Å². The highest BCUT2D eigenvalue weighted by Crippen LogP contribution is 2.31. The Hall–Kier alpha value is -2.87. The van der Waals surface area contributed by atoms with E-state index in [0.717, 1.165) is 15.6 Å². The molecule has 0 bridgehead atoms. The molecule has 4 nitrogen and oxygen atoms in total. The van der Waals surface area contributed by atoms with E-state index in [9.17, 15) is 22.8 Å². The average molecular weight is 392 g/mol. The minimum Gasteiger partial charge on any atom is -0.343 e. The molecule has 2 amide bonds. The molecule has 0 aliphatic heterocycles. The smallest absolute Gasteiger partial charge is 0.343 e. The largest absolute Gasteiger partial charge is 0.405 e. The van der Waals surface area contributed by atoms with Crippen molar-refractivity contribution in [3.8, 4) is 0 Å². The number of nitrogens with one attached hydrogen (secondary N) is 2. The fourth-order valence-electron chi connectivity index (χ4n) is 2.60. The van der Waals surface area contributed by atoms with E-state index < -0.39 is 18.6 Å². The Kier molecular flexibility index (Phi) is 5.18. The van der Waals surface area contributed by atoms with Gasteiger partial charge in [-0.15, -0.1) is 11.3 Å². The molecule has 27 heavy (non-hydrogen) atoms. The Labute approximate surface area is 157 Å². The first-order chi connectivity index (χ1) is 12.7. The minimum absolute atomic E-state index is 0.0325. The normalized spacial score (nSPS) is 11.4. The van der Waals surface area contributed by atoms with E-state index in [4.69, 9.17) is 0 Å². The van der Waals surface area contributed by atoms with Gasteiger partial charge in [0.25, 0.3) is 11.8 Å². The summed E-state index contributed by atoms with van der Waals surface area (Å²) in [6.45, 7) is 0.443. The van der Waals surface area contributed by atoms with Crippen LogP contribution < -0.4 is 10.6 Å². The van der Waals surface area contributed by atoms with Crippen LogP contribution in [0.4, 0.5) is 18.9 Å². The SMILES string of the molecule is Cc1c(C(=O)Nc2cccc(C(=O)NCC(F)(F)F)c2)sc2ccccc12. The molecular weight excluding hydrogens is 377 g/mol. The maximum atomic E-state index is 12.6. The summed E-state index contributed by atoms with van der Waals surface area (Å²) in [4.78, 5) is 25.0. The van der Waals surface area contributed by atoms with Crippen molar-refractivity contribution in [2.75, 3.05) is 11.9 Å². The molecule has 0 fully saturated rings. The Morgan fingerprint density at radius 2 is 1.78 bits per heavy atom. The Morgan fingerprint density at radius 3 is 2.48 bits per heavy atom. The van der Waals surface area contributed by atoms with Crippen LogP contribution in [0.5, 0.6) is 0 Å². The molecule has 0 saturated carbocycles. The number of hydrogen-bond acceptors (Lipinski definition) is 3. The van der Waals surface area contributed by atoms with E-state index in [2.05, 4.69) is 5.32 Å². The molecule has 140 valence electrons. The number of carbonyl (C=O) groups is 2. The van der Waals surface area contributed by atoms with Crippen LogP contribution in [-0.4, -0.2) is 24.5 Å². The fraction of sp³-hybridized carbons (Fsp3) is 0.158. The van der Waals surface area contributed by atoms with Crippen LogP contribution in [0.3, 0.4) is 0 Å². The molecule has 1 heterocycles. The van der Waals surface area contributed by atoms with Gasteiger partial charge in [-0.2, -0.15) is 13.2 Å². The molecule has 0 unspecified atom stereocenters. The second-order valence-electron chi connectivity index (χ2n) is 5.89. The van der Waals surface area contributed by atoms with E-state index in [1.807, 2.05) is 31.2 Å². The fourth-order valence-corrected chi connectivity index (χ4v) is 3.70. The zero-order chi connectivity index (χ0) is 19.6. The van der Waals surface area contributed by atoms with Crippen LogP contribution in [0.1, 0.15) is 25.6 Å². The number of benzene rings is 2. The number of aryl methyl sites for hydroxylation is 1. The van der Waals surface area contributed by atoms with E-state index >= 15 is 0 Å². The summed E-state index contributed by atoms with van der Waals surface area (Å²) >= 11 is 1.36. The second kappa shape index (κ2) is 7.40. The minimum atomic E-state index is -4.49. The first kappa shape index (κ1) is 18.9. The summed E-state index contributed by atoms with van der Waals surface area (Å²) in [5.41, 5.74) is 1.22. The van der Waals surface area contributed by atoms with Gasteiger partial charge >= 0.3 is 6.18 Å². The lowest BCUT2D eigenvalue weighted by atomic mass is 10.1. The lowest BCUT2D eigenvalue weighted by Gasteiger charge is -2.10. The monoisotopic (exact) mass is 392 g/mol. The number of carbonyl (C=O) groups excluding carboxylic acids is 2. The number of rotatable bonds is 4. The molecular formula is C19H15F3N2O2S. The van der Waals surface area contributed by atoms with Gasteiger partial charge in [-0.1, -0.05) is 24.3 Å². The molecule has 0 radical (unpaired) electrons. The molecule has 0 spiro atoms. The Balaban J connectivity index is 1.76. The average Bonchev–Trinajstić information content (AvgIpc) is 2.96. The number of thiophene rings is 1. The Morgan fingerprint density at radius 1 is 1.04 bits per heavy atom. The molecule has 0 atom stereocenters. The van der Waals surface area contributed by atoms with Crippen molar-refractivity contribution in [2.24, 2.45) is 0 Å². The maximum absolute atomic E-state index is 12.6. The molecule has 2 N–H and O–H groups in total. The van der Waals surface area contributed by atoms with Crippen molar-refractivity contribution in [1.82, 2.24) is 5.32 Å². The number of hydrogen-bond donors (Lipinski definition) is 2. The zero-order valence-electron chi connectivity index (χ0n) is 14.2. The number of alkyl halides is 3. The second-order valence-corrected chi connectivity index (χ2v) is 6.94. The van der Waals surface area contributed by atoms with Crippen LogP contribution in [0, 0.1) is 6.92 Å².